The molecule has 38 heavy (non-hydrogen) atoms. The Labute approximate surface area is 224 Å². The van der Waals surface area contributed by atoms with Crippen LogP contribution in [0.15, 0.2) is 54.6 Å². The van der Waals surface area contributed by atoms with Crippen LogP contribution in [-0.4, -0.2) is 87.1 Å². The Hall–Kier alpha value is -2.97. The van der Waals surface area contributed by atoms with Gasteiger partial charge in [-0.05, 0) is 24.8 Å². The maximum atomic E-state index is 14.4. The normalized spacial score (nSPS) is 33.2. The van der Waals surface area contributed by atoms with E-state index in [2.05, 4.69) is 0 Å². The van der Waals surface area contributed by atoms with E-state index in [1.165, 1.54) is 0 Å². The van der Waals surface area contributed by atoms with Crippen molar-refractivity contribution in [3.8, 4) is 0 Å². The lowest BCUT2D eigenvalue weighted by Gasteiger charge is -2.40. The number of aliphatic hydroxyl groups is 1. The number of benzene rings is 1. The van der Waals surface area contributed by atoms with Gasteiger partial charge in [-0.2, -0.15) is 0 Å². The molecular formula is C30H39N3O5. The van der Waals surface area contributed by atoms with Gasteiger partial charge in [-0.25, -0.2) is 0 Å². The zero-order chi connectivity index (χ0) is 27.1. The molecule has 0 radical (unpaired) electrons. The Morgan fingerprint density at radius 1 is 0.947 bits per heavy atom. The minimum Gasteiger partial charge on any atom is -0.394 e. The molecule has 3 amide bonds. The number of likely N-dealkylation sites (tertiary alicyclic amines) is 1. The Morgan fingerprint density at radius 2 is 1.66 bits per heavy atom. The van der Waals surface area contributed by atoms with Gasteiger partial charge in [-0.15, -0.1) is 0 Å². The van der Waals surface area contributed by atoms with E-state index in [1.54, 1.807) is 14.7 Å². The molecule has 204 valence electrons. The summed E-state index contributed by atoms with van der Waals surface area (Å²) in [5.41, 5.74) is -1.29. The summed E-state index contributed by atoms with van der Waals surface area (Å²) in [4.78, 5) is 48.0. The predicted octanol–water partition coefficient (Wildman–Crippen LogP) is 2.53. The van der Waals surface area contributed by atoms with Gasteiger partial charge in [0.25, 0.3) is 0 Å². The van der Waals surface area contributed by atoms with Crippen LogP contribution in [0.3, 0.4) is 0 Å². The van der Waals surface area contributed by atoms with Crippen LogP contribution in [0.1, 0.15) is 45.6 Å². The van der Waals surface area contributed by atoms with Gasteiger partial charge in [-0.1, -0.05) is 75.4 Å². The third-order valence-corrected chi connectivity index (χ3v) is 8.83. The van der Waals surface area contributed by atoms with Gasteiger partial charge in [-0.3, -0.25) is 14.4 Å². The molecule has 0 saturated carbocycles. The summed E-state index contributed by atoms with van der Waals surface area (Å²) in [6, 6.07) is 8.25. The standard InChI is InChI=1S/C30H39N3O5/c1-4-16-31-17-10-14-29(6-3)23(26(31)35)24-27(36)33(22(5-2)20-34)25-28(37)32(18-11-15-30(24,25)38-29)19-21-12-8-7-9-13-21/h7-15,22-25,34H,4-6,16-20H2,1-3H3/t22-,23+,24-,25?,29-,30-/m0/s1. The van der Waals surface area contributed by atoms with Crippen molar-refractivity contribution >= 4 is 17.7 Å². The van der Waals surface area contributed by atoms with Crippen LogP contribution >= 0.6 is 0 Å². The van der Waals surface area contributed by atoms with Gasteiger partial charge < -0.3 is 24.5 Å². The number of carbonyl (C=O) groups excluding carboxylic acids is 3. The van der Waals surface area contributed by atoms with E-state index in [0.29, 0.717) is 39.0 Å². The Kier molecular flexibility index (Phi) is 7.22. The fraction of sp³-hybridized carbons (Fsp3) is 0.567. The minimum absolute atomic E-state index is 0.0993. The Morgan fingerprint density at radius 3 is 2.32 bits per heavy atom. The van der Waals surface area contributed by atoms with Crippen molar-refractivity contribution in [1.82, 2.24) is 14.7 Å². The van der Waals surface area contributed by atoms with E-state index in [9.17, 15) is 19.5 Å². The van der Waals surface area contributed by atoms with Crippen molar-refractivity contribution < 1.29 is 24.2 Å². The smallest absolute Gasteiger partial charge is 0.249 e. The van der Waals surface area contributed by atoms with E-state index in [-0.39, 0.29) is 24.3 Å². The van der Waals surface area contributed by atoms with Gasteiger partial charge in [0.15, 0.2) is 0 Å². The molecule has 2 saturated heterocycles. The second-order valence-corrected chi connectivity index (χ2v) is 10.9. The van der Waals surface area contributed by atoms with Crippen LogP contribution in [0.4, 0.5) is 0 Å². The van der Waals surface area contributed by atoms with Gasteiger partial charge in [0.05, 0.1) is 30.1 Å². The summed E-state index contributed by atoms with van der Waals surface area (Å²) < 4.78 is 6.97. The number of nitrogens with zero attached hydrogens (tertiary/aromatic N) is 3. The molecule has 2 fully saturated rings. The number of amides is 3. The molecule has 0 aliphatic carbocycles. The quantitative estimate of drug-likeness (QED) is 0.531. The predicted molar refractivity (Wildman–Crippen MR) is 143 cm³/mol. The fourth-order valence-corrected chi connectivity index (χ4v) is 7.02. The van der Waals surface area contributed by atoms with Crippen LogP contribution in [0.25, 0.3) is 0 Å². The molecule has 8 nitrogen and oxygen atoms in total. The first-order chi connectivity index (χ1) is 18.4. The molecule has 1 unspecified atom stereocenters. The number of hydrogen-bond donors (Lipinski definition) is 1. The largest absolute Gasteiger partial charge is 0.394 e. The van der Waals surface area contributed by atoms with Crippen molar-refractivity contribution in [2.75, 3.05) is 26.2 Å². The molecule has 8 heteroatoms. The summed E-state index contributed by atoms with van der Waals surface area (Å²) >= 11 is 0. The molecule has 1 aromatic rings. The number of aliphatic hydroxyl groups excluding tert-OH is 1. The highest BCUT2D eigenvalue weighted by Gasteiger charge is 2.75. The summed E-state index contributed by atoms with van der Waals surface area (Å²) in [5, 5.41) is 10.3. The summed E-state index contributed by atoms with van der Waals surface area (Å²) in [6.07, 6.45) is 9.52. The third kappa shape index (κ3) is 3.92. The van der Waals surface area contributed by atoms with Crippen LogP contribution in [0.2, 0.25) is 0 Å². The van der Waals surface area contributed by atoms with Crippen molar-refractivity contribution in [2.45, 2.75) is 69.9 Å². The number of ether oxygens (including phenoxy) is 1. The van der Waals surface area contributed by atoms with E-state index >= 15 is 0 Å². The number of hydrogen-bond acceptors (Lipinski definition) is 5. The lowest BCUT2D eigenvalue weighted by atomic mass is 9.73. The highest BCUT2D eigenvalue weighted by Crippen LogP contribution is 2.59. The first kappa shape index (κ1) is 26.6. The van der Waals surface area contributed by atoms with E-state index in [4.69, 9.17) is 4.74 Å². The lowest BCUT2D eigenvalue weighted by molar-refractivity contribution is -0.157. The Bertz CT molecular complexity index is 1130. The van der Waals surface area contributed by atoms with E-state index in [0.717, 1.165) is 12.0 Å². The number of carbonyl (C=O) groups is 3. The molecule has 4 aliphatic heterocycles. The number of fused-ring (bicyclic) bond motifs is 2. The van der Waals surface area contributed by atoms with E-state index in [1.807, 2.05) is 75.4 Å². The average Bonchev–Trinajstić information content (AvgIpc) is 3.23. The first-order valence-corrected chi connectivity index (χ1v) is 14.0. The van der Waals surface area contributed by atoms with Crippen LogP contribution in [0, 0.1) is 11.8 Å². The molecule has 4 heterocycles. The molecule has 4 aliphatic rings. The first-order valence-electron chi connectivity index (χ1n) is 14.0. The molecule has 0 aromatic heterocycles. The SMILES string of the molecule is CCCN1CC=C[C@]2(CC)O[C@]34C=CCN(Cc5ccccc5)C(=O)C3N([C@@H](CC)CO)C(=O)[C@@H]4[C@@H]2C1=O. The molecule has 1 N–H and O–H groups in total. The monoisotopic (exact) mass is 521 g/mol. The Balaban J connectivity index is 1.64. The fourth-order valence-electron chi connectivity index (χ4n) is 7.02. The van der Waals surface area contributed by atoms with Crippen molar-refractivity contribution in [3.63, 3.8) is 0 Å². The summed E-state index contributed by atoms with van der Waals surface area (Å²) in [6.45, 7) is 7.46. The van der Waals surface area contributed by atoms with E-state index < -0.39 is 35.1 Å². The zero-order valence-corrected chi connectivity index (χ0v) is 22.6. The molecule has 1 spiro atoms. The molecule has 6 atom stereocenters. The second kappa shape index (κ2) is 10.3. The summed E-state index contributed by atoms with van der Waals surface area (Å²) in [7, 11) is 0. The highest BCUT2D eigenvalue weighted by atomic mass is 16.5. The van der Waals surface area contributed by atoms with Crippen LogP contribution in [0.5, 0.6) is 0 Å². The molecule has 1 aromatic carbocycles. The van der Waals surface area contributed by atoms with Gasteiger partial charge in [0.1, 0.15) is 11.6 Å². The van der Waals surface area contributed by atoms with Crippen LogP contribution in [-0.2, 0) is 25.7 Å². The third-order valence-electron chi connectivity index (χ3n) is 8.83. The topological polar surface area (TPSA) is 90.4 Å². The van der Waals surface area contributed by atoms with Crippen LogP contribution < -0.4 is 0 Å². The lowest BCUT2D eigenvalue weighted by Crippen LogP contribution is -2.58. The highest BCUT2D eigenvalue weighted by molar-refractivity contribution is 6.00. The molecule has 5 rings (SSSR count). The number of rotatable bonds is 8. The molecular weight excluding hydrogens is 482 g/mol. The maximum absolute atomic E-state index is 14.4. The summed E-state index contributed by atoms with van der Waals surface area (Å²) in [5.74, 6) is -2.19. The average molecular weight is 522 g/mol. The molecule has 0 bridgehead atoms. The van der Waals surface area contributed by atoms with Gasteiger partial charge >= 0.3 is 0 Å². The minimum atomic E-state index is -1.29. The van der Waals surface area contributed by atoms with Gasteiger partial charge in [0, 0.05) is 26.2 Å². The van der Waals surface area contributed by atoms with Crippen molar-refractivity contribution in [3.05, 3.63) is 60.2 Å². The second-order valence-electron chi connectivity index (χ2n) is 10.9. The van der Waals surface area contributed by atoms with Gasteiger partial charge in [0.2, 0.25) is 17.7 Å². The van der Waals surface area contributed by atoms with Crippen molar-refractivity contribution in [2.24, 2.45) is 11.8 Å². The zero-order valence-electron chi connectivity index (χ0n) is 22.6. The van der Waals surface area contributed by atoms with Crippen molar-refractivity contribution in [1.29, 1.82) is 0 Å². The maximum Gasteiger partial charge on any atom is 0.249 e.